The molecule has 0 fully saturated rings. The van der Waals surface area contributed by atoms with Gasteiger partial charge in [0.05, 0.1) is 66.8 Å². The Morgan fingerprint density at radius 2 is 0.658 bits per heavy atom. The average molecular weight is 1710 g/mol. The number of alkyl halides is 18. The number of cyclic esters (lactones) is 8. The minimum Gasteiger partial charge on any atom is -0.478 e. The number of ether oxygens (including phenoxy) is 5. The molecule has 120 heavy (non-hydrogen) atoms. The third-order valence-corrected chi connectivity index (χ3v) is 18.6. The Balaban J connectivity index is 0.000000195. The quantitative estimate of drug-likeness (QED) is 0.0290. The van der Waals surface area contributed by atoms with Crippen molar-refractivity contribution >= 4 is 89.4 Å². The molecule has 0 radical (unpaired) electrons. The summed E-state index contributed by atoms with van der Waals surface area (Å²) >= 11 is 0. The smallest absolute Gasteiger partial charge is 0.411 e. The first kappa shape index (κ1) is 91.3. The standard InChI is InChI=1S/C19H10F6O8.C19H6F6O6.C19H18F6.C17H6O7.C4H6O3/c20-18(21,22)17(19(23,24)25,7-4-5-8(13(26)27)10(6-7)15(30)31)11-3-1-2-9(14(28)29)12(11)16(32)33;20-18(21,22)17(19(23,24)25,7-4-5-8-10(6-7)15(28)30-13(8)26)11-3-1-2-9-12(11)16(29)31-14(9)27;1-11-8-9-15(10-13(11)3)17(18(20,21)22,19(23,24)25)16-7-5-6-12(2)14(16)4;18-13(7-4-5-8-11(6-7)16(21)23-14(8)19)9-2-1-3-10-12(9)17(22)24-15(10)20;1-3(5)7-4(2)6/h1-6H,(H,26,27)(H,28,29)(H,30,31)(H,32,33);1-6H;5-10H,1-4H3;1-6H;1-2H3. The van der Waals surface area contributed by atoms with Gasteiger partial charge in [-0.2, -0.15) is 79.0 Å². The van der Waals surface area contributed by atoms with Gasteiger partial charge in [0, 0.05) is 25.0 Å². The summed E-state index contributed by atoms with van der Waals surface area (Å²) < 4.78 is 277. The number of rotatable bonds is 12. The molecule has 8 aromatic carbocycles. The van der Waals surface area contributed by atoms with E-state index in [1.807, 2.05) is 0 Å². The van der Waals surface area contributed by atoms with E-state index in [-0.39, 0.29) is 69.3 Å². The molecule has 0 bridgehead atoms. The Hall–Kier alpha value is -14.3. The molecular formula is C78H46F18O24. The maximum atomic E-state index is 14.3. The van der Waals surface area contributed by atoms with Crippen LogP contribution in [0.1, 0.15) is 210 Å². The van der Waals surface area contributed by atoms with Crippen LogP contribution in [0, 0.1) is 27.7 Å². The van der Waals surface area contributed by atoms with Crippen molar-refractivity contribution < 1.29 is 195 Å². The highest BCUT2D eigenvalue weighted by atomic mass is 19.4. The molecule has 0 saturated heterocycles. The molecule has 12 rings (SSSR count). The Labute approximate surface area is 656 Å². The molecular weight excluding hydrogens is 1660 g/mol. The first-order valence-electron chi connectivity index (χ1n) is 32.8. The fourth-order valence-electron chi connectivity index (χ4n) is 13.1. The lowest BCUT2D eigenvalue weighted by molar-refractivity contribution is -0.290. The van der Waals surface area contributed by atoms with Gasteiger partial charge in [0.2, 0.25) is 16.2 Å². The Morgan fingerprint density at radius 3 is 1.12 bits per heavy atom. The summed E-state index contributed by atoms with van der Waals surface area (Å²) in [5.74, 6) is -19.5. The highest BCUT2D eigenvalue weighted by Crippen LogP contribution is 2.61. The number of carboxylic acid groups (broad SMARTS) is 4. The Morgan fingerprint density at radius 1 is 0.300 bits per heavy atom. The van der Waals surface area contributed by atoms with Crippen LogP contribution in [0.2, 0.25) is 0 Å². The molecule has 0 aliphatic carbocycles. The van der Waals surface area contributed by atoms with E-state index in [2.05, 4.69) is 23.7 Å². The van der Waals surface area contributed by atoms with E-state index in [0.29, 0.717) is 47.0 Å². The number of carboxylic acids is 4. The van der Waals surface area contributed by atoms with Gasteiger partial charge in [-0.05, 0) is 138 Å². The zero-order valence-corrected chi connectivity index (χ0v) is 60.6. The Kier molecular flexibility index (Phi) is 24.9. The van der Waals surface area contributed by atoms with Crippen LogP contribution < -0.4 is 0 Å². The van der Waals surface area contributed by atoms with Gasteiger partial charge < -0.3 is 44.1 Å². The molecule has 628 valence electrons. The van der Waals surface area contributed by atoms with Crippen LogP contribution in [0.15, 0.2) is 146 Å². The van der Waals surface area contributed by atoms with Gasteiger partial charge in [-0.15, -0.1) is 0 Å². The van der Waals surface area contributed by atoms with E-state index in [1.54, 1.807) is 6.92 Å². The maximum Gasteiger partial charge on any atom is 0.411 e. The molecule has 4 aliphatic rings. The lowest BCUT2D eigenvalue weighted by Gasteiger charge is -2.39. The molecule has 4 N–H and O–H groups in total. The number of aromatic carboxylic acids is 4. The zero-order chi connectivity index (χ0) is 90.5. The summed E-state index contributed by atoms with van der Waals surface area (Å²) in [6, 6.07) is 19.2. The summed E-state index contributed by atoms with van der Waals surface area (Å²) in [4.78, 5) is 171. The molecule has 0 saturated carbocycles. The van der Waals surface area contributed by atoms with E-state index in [4.69, 9.17) is 15.3 Å². The van der Waals surface area contributed by atoms with Crippen LogP contribution in [0.3, 0.4) is 0 Å². The van der Waals surface area contributed by atoms with Gasteiger partial charge in [-0.25, -0.2) is 57.5 Å². The Bertz CT molecular complexity index is 5690. The van der Waals surface area contributed by atoms with Crippen molar-refractivity contribution in [2.45, 2.75) is 94.8 Å². The summed E-state index contributed by atoms with van der Waals surface area (Å²) in [6.45, 7) is 8.29. The van der Waals surface area contributed by atoms with E-state index in [1.165, 1.54) is 89.2 Å². The van der Waals surface area contributed by atoms with Gasteiger partial charge in [-0.3, -0.25) is 14.4 Å². The van der Waals surface area contributed by atoms with Crippen LogP contribution in [0.25, 0.3) is 0 Å². The number of benzene rings is 8. The predicted molar refractivity (Wildman–Crippen MR) is 362 cm³/mol. The minimum absolute atomic E-state index is 0.0130. The van der Waals surface area contributed by atoms with Crippen molar-refractivity contribution in [3.63, 3.8) is 0 Å². The van der Waals surface area contributed by atoms with Gasteiger partial charge in [-0.1, -0.05) is 91.0 Å². The van der Waals surface area contributed by atoms with Crippen molar-refractivity contribution in [2.75, 3.05) is 0 Å². The second kappa shape index (κ2) is 32.7. The van der Waals surface area contributed by atoms with E-state index in [0.717, 1.165) is 30.3 Å². The first-order chi connectivity index (χ1) is 55.2. The van der Waals surface area contributed by atoms with Crippen LogP contribution in [-0.2, 0) is 49.5 Å². The topological polar surface area (TPSA) is 383 Å². The van der Waals surface area contributed by atoms with Crippen LogP contribution in [-0.4, -0.2) is 147 Å². The molecule has 4 heterocycles. The summed E-state index contributed by atoms with van der Waals surface area (Å²) in [5.41, 5.74) is -30.4. The van der Waals surface area contributed by atoms with Gasteiger partial charge >= 0.3 is 121 Å². The molecule has 0 aromatic heterocycles. The second-order valence-electron chi connectivity index (χ2n) is 25.6. The molecule has 0 unspecified atom stereocenters. The number of fused-ring (bicyclic) bond motifs is 4. The highest BCUT2D eigenvalue weighted by molar-refractivity contribution is 6.24. The van der Waals surface area contributed by atoms with Crippen LogP contribution >= 0.6 is 0 Å². The molecule has 0 atom stereocenters. The molecule has 0 amide bonds. The largest absolute Gasteiger partial charge is 0.478 e. The lowest BCUT2D eigenvalue weighted by atomic mass is 9.70. The van der Waals surface area contributed by atoms with Crippen LogP contribution in [0.4, 0.5) is 79.0 Å². The van der Waals surface area contributed by atoms with E-state index < -0.39 is 221 Å². The summed E-state index contributed by atoms with van der Waals surface area (Å²) in [6.07, 6.45) is -36.1. The monoisotopic (exact) mass is 1710 g/mol. The normalized spacial score (nSPS) is 13.8. The minimum atomic E-state index is -6.40. The number of ketones is 1. The van der Waals surface area contributed by atoms with Crippen molar-refractivity contribution in [3.05, 3.63) is 279 Å². The molecule has 24 nitrogen and oxygen atoms in total. The van der Waals surface area contributed by atoms with Crippen molar-refractivity contribution in [1.29, 1.82) is 0 Å². The van der Waals surface area contributed by atoms with E-state index in [9.17, 15) is 156 Å². The third kappa shape index (κ3) is 16.2. The molecule has 4 aliphatic heterocycles. The predicted octanol–water partition coefficient (Wildman–Crippen LogP) is 15.6. The van der Waals surface area contributed by atoms with Gasteiger partial charge in [0.1, 0.15) is 0 Å². The average Bonchev–Trinajstić information content (AvgIpc) is 0.849. The number of esters is 10. The van der Waals surface area contributed by atoms with Crippen molar-refractivity contribution in [1.82, 2.24) is 0 Å². The van der Waals surface area contributed by atoms with Gasteiger partial charge in [0.25, 0.3) is 0 Å². The second-order valence-corrected chi connectivity index (χ2v) is 25.6. The highest BCUT2D eigenvalue weighted by Gasteiger charge is 2.76. The SMILES string of the molecule is CC(=O)OC(C)=O.Cc1ccc(C(c2cccc(C)c2C)(C(F)(F)F)C(F)(F)F)cc1C.O=C(O)c1ccc(C(c2cccc(C(=O)O)c2C(=O)O)(C(F)(F)F)C(F)(F)F)cc1C(=O)O.O=C1OC(=O)c2cc(C(=O)c3cccc4c3C(=O)OC4=O)ccc21.O=C1OC(=O)c2cc(C(c3cccc4c3C(=O)OC4=O)(C(F)(F)F)C(F)(F)F)ccc21. The number of aryl methyl sites for hydroxylation is 3. The van der Waals surface area contributed by atoms with E-state index >= 15 is 0 Å². The van der Waals surface area contributed by atoms with Crippen LogP contribution in [0.5, 0.6) is 0 Å². The molecule has 8 aromatic rings. The fourth-order valence-corrected chi connectivity index (χ4v) is 13.1. The number of carbonyl (C=O) groups excluding carboxylic acids is 11. The van der Waals surface area contributed by atoms with Crippen molar-refractivity contribution in [2.24, 2.45) is 0 Å². The molecule has 42 heteroatoms. The number of halogens is 18. The van der Waals surface area contributed by atoms with Crippen molar-refractivity contribution in [3.8, 4) is 0 Å². The number of hydrogen-bond donors (Lipinski definition) is 4. The lowest BCUT2D eigenvalue weighted by Crippen LogP contribution is -2.55. The summed E-state index contributed by atoms with van der Waals surface area (Å²) in [7, 11) is 0. The maximum absolute atomic E-state index is 14.3. The summed E-state index contributed by atoms with van der Waals surface area (Å²) in [5, 5.41) is 36.6. The molecule has 0 spiro atoms. The number of hydrogen-bond acceptors (Lipinski definition) is 20. The third-order valence-electron chi connectivity index (χ3n) is 18.6. The first-order valence-corrected chi connectivity index (χ1v) is 32.8. The fraction of sp³-hybridized carbons (Fsp3) is 0.192. The van der Waals surface area contributed by atoms with Gasteiger partial charge in [0.15, 0.2) is 5.78 Å². The number of carbonyl (C=O) groups is 15. The zero-order valence-electron chi connectivity index (χ0n) is 60.6.